The monoisotopic (exact) mass is 683 g/mol. The van der Waals surface area contributed by atoms with E-state index in [0.29, 0.717) is 0 Å². The van der Waals surface area contributed by atoms with E-state index >= 15 is 0 Å². The van der Waals surface area contributed by atoms with Crippen LogP contribution in [-0.2, 0) is 0 Å². The van der Waals surface area contributed by atoms with Crippen molar-refractivity contribution >= 4 is 0 Å². The van der Waals surface area contributed by atoms with Crippen LogP contribution in [0.5, 0.6) is 11.5 Å². The van der Waals surface area contributed by atoms with Crippen LogP contribution in [0.2, 0.25) is 0 Å². The van der Waals surface area contributed by atoms with Crippen molar-refractivity contribution in [2.24, 2.45) is 0 Å². The van der Waals surface area contributed by atoms with Gasteiger partial charge in [-0.2, -0.15) is 0 Å². The SMILES string of the molecule is CC1(C)Oc2ccc(-c3cc(-c4ccccc4)cc(-c4ccccc4)c3)cc2-c2cc(-c3cc(-c4ccccc4)nc(-c4ccccc4)c3)ccc2O1. The van der Waals surface area contributed by atoms with Gasteiger partial charge in [0.15, 0.2) is 0 Å². The molecule has 0 saturated heterocycles. The summed E-state index contributed by atoms with van der Waals surface area (Å²) in [5, 5.41) is 0. The molecule has 0 spiro atoms. The van der Waals surface area contributed by atoms with E-state index in [2.05, 4.69) is 176 Å². The summed E-state index contributed by atoms with van der Waals surface area (Å²) in [4.78, 5) is 5.12. The highest BCUT2D eigenvalue weighted by Crippen LogP contribution is 2.46. The Morgan fingerprint density at radius 3 is 1.06 bits per heavy atom. The Bertz CT molecular complexity index is 2270. The molecule has 0 saturated carbocycles. The molecule has 0 bridgehead atoms. The minimum atomic E-state index is -0.867. The first-order valence-electron chi connectivity index (χ1n) is 18.0. The van der Waals surface area contributed by atoms with E-state index in [4.69, 9.17) is 14.5 Å². The van der Waals surface area contributed by atoms with Crippen LogP contribution in [0.3, 0.4) is 0 Å². The molecule has 9 rings (SSSR count). The number of ether oxygens (including phenoxy) is 2. The number of pyridine rings is 1. The van der Waals surface area contributed by atoms with Crippen LogP contribution in [0, 0.1) is 0 Å². The summed E-state index contributed by atoms with van der Waals surface area (Å²) in [5.41, 5.74) is 15.0. The Morgan fingerprint density at radius 1 is 0.321 bits per heavy atom. The van der Waals surface area contributed by atoms with Crippen LogP contribution < -0.4 is 9.47 Å². The molecule has 53 heavy (non-hydrogen) atoms. The van der Waals surface area contributed by atoms with Crippen molar-refractivity contribution < 1.29 is 9.47 Å². The topological polar surface area (TPSA) is 31.4 Å². The minimum Gasteiger partial charge on any atom is -0.452 e. The highest BCUT2D eigenvalue weighted by Gasteiger charge is 2.30. The van der Waals surface area contributed by atoms with E-state index in [0.717, 1.165) is 67.4 Å². The fourth-order valence-electron chi connectivity index (χ4n) is 7.17. The standard InChI is InChI=1S/C50H37NO2/c1-50(2)52-48-25-23-38(42-28-40(34-15-7-3-8-16-34)27-41(29-42)35-17-9-4-10-18-35)30-44(48)45-31-39(24-26-49(45)53-50)43-32-46(36-19-11-5-12-20-36)51-47(33-43)37-21-13-6-14-22-37/h3-33H,1-2H3. The number of hydrogen-bond donors (Lipinski definition) is 0. The summed E-state index contributed by atoms with van der Waals surface area (Å²) >= 11 is 0. The van der Waals surface area contributed by atoms with E-state index in [-0.39, 0.29) is 0 Å². The van der Waals surface area contributed by atoms with Gasteiger partial charge in [-0.1, -0.05) is 133 Å². The van der Waals surface area contributed by atoms with E-state index in [1.165, 1.54) is 22.3 Å². The minimum absolute atomic E-state index is 0.776. The summed E-state index contributed by atoms with van der Waals surface area (Å²) in [6.07, 6.45) is 0. The van der Waals surface area contributed by atoms with Gasteiger partial charge >= 0.3 is 0 Å². The second-order valence-electron chi connectivity index (χ2n) is 13.9. The average molecular weight is 684 g/mol. The number of fused-ring (bicyclic) bond motifs is 3. The first kappa shape index (κ1) is 32.2. The highest BCUT2D eigenvalue weighted by molar-refractivity contribution is 5.88. The number of aromatic nitrogens is 1. The van der Waals surface area contributed by atoms with Gasteiger partial charge in [-0.05, 0) is 99.1 Å². The fraction of sp³-hybridized carbons (Fsp3) is 0.0600. The molecule has 0 unspecified atom stereocenters. The Kier molecular flexibility index (Phi) is 8.17. The van der Waals surface area contributed by atoms with Gasteiger partial charge in [0, 0.05) is 36.1 Å². The van der Waals surface area contributed by atoms with Crippen LogP contribution in [0.4, 0.5) is 0 Å². The third-order valence-corrected chi connectivity index (χ3v) is 9.74. The van der Waals surface area contributed by atoms with Gasteiger partial charge < -0.3 is 9.47 Å². The fourth-order valence-corrected chi connectivity index (χ4v) is 7.17. The molecule has 1 aliphatic heterocycles. The third-order valence-electron chi connectivity index (χ3n) is 9.74. The molecule has 0 fully saturated rings. The number of hydrogen-bond acceptors (Lipinski definition) is 3. The summed E-state index contributed by atoms with van der Waals surface area (Å²) in [6, 6.07) is 66.0. The zero-order valence-electron chi connectivity index (χ0n) is 29.7. The smallest absolute Gasteiger partial charge is 0.245 e. The summed E-state index contributed by atoms with van der Waals surface area (Å²) < 4.78 is 13.1. The molecule has 1 aromatic heterocycles. The van der Waals surface area contributed by atoms with Crippen molar-refractivity contribution in [3.05, 3.63) is 188 Å². The predicted octanol–water partition coefficient (Wildman–Crippen LogP) is 13.3. The average Bonchev–Trinajstić information content (AvgIpc) is 3.33. The maximum Gasteiger partial charge on any atom is 0.245 e. The molecule has 3 nitrogen and oxygen atoms in total. The normalized spacial score (nSPS) is 12.8. The van der Waals surface area contributed by atoms with E-state index in [9.17, 15) is 0 Å². The van der Waals surface area contributed by atoms with Crippen LogP contribution >= 0.6 is 0 Å². The van der Waals surface area contributed by atoms with Gasteiger partial charge in [-0.25, -0.2) is 4.98 Å². The Morgan fingerprint density at radius 2 is 0.660 bits per heavy atom. The number of nitrogens with zero attached hydrogens (tertiary/aromatic N) is 1. The first-order chi connectivity index (χ1) is 26.0. The molecular weight excluding hydrogens is 647 g/mol. The van der Waals surface area contributed by atoms with Crippen molar-refractivity contribution in [1.29, 1.82) is 0 Å². The van der Waals surface area contributed by atoms with E-state index in [1.54, 1.807) is 0 Å². The van der Waals surface area contributed by atoms with Gasteiger partial charge in [-0.3, -0.25) is 0 Å². The van der Waals surface area contributed by atoms with Gasteiger partial charge in [0.2, 0.25) is 5.79 Å². The molecule has 0 radical (unpaired) electrons. The predicted molar refractivity (Wildman–Crippen MR) is 218 cm³/mol. The Hall–Kier alpha value is -6.71. The zero-order chi connectivity index (χ0) is 35.8. The van der Waals surface area contributed by atoms with Crippen LogP contribution in [0.15, 0.2) is 188 Å². The van der Waals surface area contributed by atoms with Crippen LogP contribution in [0.25, 0.3) is 78.1 Å². The number of benzene rings is 7. The molecule has 8 aromatic rings. The van der Waals surface area contributed by atoms with Gasteiger partial charge in [0.05, 0.1) is 11.4 Å². The third kappa shape index (κ3) is 6.61. The molecule has 3 heteroatoms. The molecule has 0 aliphatic carbocycles. The lowest BCUT2D eigenvalue weighted by atomic mass is 9.91. The summed E-state index contributed by atoms with van der Waals surface area (Å²) in [7, 11) is 0. The van der Waals surface area contributed by atoms with Gasteiger partial charge in [-0.15, -0.1) is 0 Å². The maximum absolute atomic E-state index is 6.57. The summed E-state index contributed by atoms with van der Waals surface area (Å²) in [6.45, 7) is 3.93. The van der Waals surface area contributed by atoms with Gasteiger partial charge in [0.1, 0.15) is 11.5 Å². The lowest BCUT2D eigenvalue weighted by Crippen LogP contribution is -2.34. The summed E-state index contributed by atoms with van der Waals surface area (Å²) in [5.74, 6) is 0.689. The molecule has 0 atom stereocenters. The van der Waals surface area contributed by atoms with Crippen molar-refractivity contribution in [1.82, 2.24) is 4.98 Å². The second-order valence-corrected chi connectivity index (χ2v) is 13.9. The maximum atomic E-state index is 6.57. The molecule has 0 amide bonds. The zero-order valence-corrected chi connectivity index (χ0v) is 29.7. The Labute approximate surface area is 310 Å². The Balaban J connectivity index is 1.21. The largest absolute Gasteiger partial charge is 0.452 e. The molecule has 254 valence electrons. The van der Waals surface area contributed by atoms with Crippen LogP contribution in [0.1, 0.15) is 13.8 Å². The quantitative estimate of drug-likeness (QED) is 0.175. The molecule has 0 N–H and O–H groups in total. The lowest BCUT2D eigenvalue weighted by molar-refractivity contribution is -0.0778. The molecule has 7 aromatic carbocycles. The number of rotatable bonds is 6. The van der Waals surface area contributed by atoms with Gasteiger partial charge in [0.25, 0.3) is 0 Å². The van der Waals surface area contributed by atoms with E-state index < -0.39 is 5.79 Å². The lowest BCUT2D eigenvalue weighted by Gasteiger charge is -2.25. The van der Waals surface area contributed by atoms with Crippen molar-refractivity contribution in [2.45, 2.75) is 19.6 Å². The molecular formula is C50H37NO2. The first-order valence-corrected chi connectivity index (χ1v) is 18.0. The highest BCUT2D eigenvalue weighted by atomic mass is 16.7. The van der Waals surface area contributed by atoms with E-state index in [1.807, 2.05) is 26.0 Å². The van der Waals surface area contributed by atoms with Crippen molar-refractivity contribution in [3.63, 3.8) is 0 Å². The van der Waals surface area contributed by atoms with Crippen molar-refractivity contribution in [2.75, 3.05) is 0 Å². The second kappa shape index (κ2) is 13.4. The van der Waals surface area contributed by atoms with Crippen molar-refractivity contribution in [3.8, 4) is 89.6 Å². The van der Waals surface area contributed by atoms with Crippen LogP contribution in [-0.4, -0.2) is 10.8 Å². The molecule has 1 aliphatic rings. The molecule has 2 heterocycles.